The Kier molecular flexibility index (Phi) is 9.28. The van der Waals surface area contributed by atoms with E-state index in [-0.39, 0.29) is 21.1 Å². The molecular weight excluding hydrogens is 483 g/mol. The maximum absolute atomic E-state index is 13.9. The maximum atomic E-state index is 13.9. The molecule has 0 saturated heterocycles. The highest BCUT2D eigenvalue weighted by Crippen LogP contribution is 2.40. The van der Waals surface area contributed by atoms with E-state index in [0.29, 0.717) is 6.42 Å². The van der Waals surface area contributed by atoms with Crippen LogP contribution in [0.2, 0.25) is 54.4 Å². The first-order valence-corrected chi connectivity index (χ1v) is 21.9. The van der Waals surface area contributed by atoms with Gasteiger partial charge in [0.2, 0.25) is 8.32 Å². The van der Waals surface area contributed by atoms with Crippen LogP contribution < -0.4 is 9.41 Å². The van der Waals surface area contributed by atoms with Crippen molar-refractivity contribution in [1.82, 2.24) is 4.98 Å². The van der Waals surface area contributed by atoms with Gasteiger partial charge in [-0.2, -0.15) is 0 Å². The Bertz CT molecular complexity index is 873. The maximum Gasteiger partial charge on any atom is 0.312 e. The van der Waals surface area contributed by atoms with Gasteiger partial charge in [-0.15, -0.1) is 0 Å². The van der Waals surface area contributed by atoms with Gasteiger partial charge in [0.15, 0.2) is 0 Å². The minimum absolute atomic E-state index is 0.0384. The molecule has 0 spiro atoms. The first-order valence-electron chi connectivity index (χ1n) is 13.0. The number of hydrogen-bond acceptors (Lipinski definition) is 4. The quantitative estimate of drug-likeness (QED) is 0.338. The van der Waals surface area contributed by atoms with Crippen LogP contribution in [-0.2, 0) is 15.6 Å². The average Bonchev–Trinajstić information content (AvgIpc) is 2.59. The van der Waals surface area contributed by atoms with Crippen LogP contribution in [0, 0.1) is 0 Å². The van der Waals surface area contributed by atoms with Gasteiger partial charge in [0, 0.05) is 6.42 Å². The van der Waals surface area contributed by atoms with Crippen molar-refractivity contribution < 1.29 is 13.6 Å². The average molecular weight is 538 g/mol. The fraction of sp³-hybridized carbons (Fsp3) is 0.750. The van der Waals surface area contributed by atoms with Crippen molar-refractivity contribution in [1.29, 1.82) is 0 Å². The molecule has 1 aromatic rings. The summed E-state index contributed by atoms with van der Waals surface area (Å²) in [5.74, 6) is 0.777. The van der Waals surface area contributed by atoms with Gasteiger partial charge in [0.25, 0.3) is 8.32 Å². The van der Waals surface area contributed by atoms with Gasteiger partial charge in [-0.1, -0.05) is 87.5 Å². The molecule has 1 rings (SSSR count). The van der Waals surface area contributed by atoms with E-state index in [0.717, 1.165) is 11.3 Å². The Morgan fingerprint density at radius 1 is 0.714 bits per heavy atom. The zero-order valence-corrected chi connectivity index (χ0v) is 28.7. The lowest BCUT2D eigenvalue weighted by atomic mass is 9.94. The van der Waals surface area contributed by atoms with Crippen LogP contribution in [0.1, 0.15) is 74.8 Å². The van der Waals surface area contributed by atoms with Crippen LogP contribution in [0.4, 0.5) is 0 Å². The molecule has 1 N–H and O–H groups in total. The van der Waals surface area contributed by atoms with Crippen molar-refractivity contribution in [3.05, 3.63) is 29.8 Å². The number of carbonyl (C=O) groups is 1. The van der Waals surface area contributed by atoms with Gasteiger partial charge in [0.05, 0.1) is 0 Å². The molecule has 1 aromatic carbocycles. The van der Waals surface area contributed by atoms with Gasteiger partial charge >= 0.3 is 5.97 Å². The van der Waals surface area contributed by atoms with E-state index in [1.807, 2.05) is 6.92 Å². The van der Waals surface area contributed by atoms with Crippen molar-refractivity contribution in [2.24, 2.45) is 0 Å². The molecule has 0 aliphatic heterocycles. The predicted octanol–water partition coefficient (Wildman–Crippen LogP) is 8.52. The third kappa shape index (κ3) is 8.04. The molecule has 0 amide bonds. The SMILES string of the molecule is CC(Cc1ccc(O[Si](C)(C)C(C)(C)C)cc1)(N[Si](C)(C)C(C)(C)C)C(=O)O[Si](C)(C)C(C)(C)C. The summed E-state index contributed by atoms with van der Waals surface area (Å²) < 4.78 is 12.8. The molecular formula is C28H55NO3Si3. The minimum atomic E-state index is -2.26. The smallest absolute Gasteiger partial charge is 0.312 e. The first kappa shape index (κ1) is 32.1. The Morgan fingerprint density at radius 2 is 1.14 bits per heavy atom. The van der Waals surface area contributed by atoms with Crippen LogP contribution >= 0.6 is 0 Å². The minimum Gasteiger partial charge on any atom is -0.544 e. The third-order valence-corrected chi connectivity index (χ3v) is 22.3. The summed E-state index contributed by atoms with van der Waals surface area (Å²) in [6.07, 6.45) is 0.577. The van der Waals surface area contributed by atoms with E-state index < -0.39 is 30.4 Å². The molecule has 35 heavy (non-hydrogen) atoms. The summed E-state index contributed by atoms with van der Waals surface area (Å²) in [6, 6.07) is 8.32. The van der Waals surface area contributed by atoms with Crippen LogP contribution in [0.3, 0.4) is 0 Å². The number of nitrogens with one attached hydrogen (secondary N) is 1. The molecule has 0 aliphatic rings. The lowest BCUT2D eigenvalue weighted by Gasteiger charge is -2.46. The van der Waals surface area contributed by atoms with Gasteiger partial charge < -0.3 is 13.8 Å². The van der Waals surface area contributed by atoms with E-state index >= 15 is 0 Å². The number of hydrogen-bond donors (Lipinski definition) is 1. The summed E-state index contributed by atoms with van der Waals surface area (Å²) in [5, 5.41) is 0.195. The fourth-order valence-electron chi connectivity index (χ4n) is 3.07. The van der Waals surface area contributed by atoms with Gasteiger partial charge in [0.1, 0.15) is 19.5 Å². The molecule has 0 saturated carbocycles. The fourth-order valence-corrected chi connectivity index (χ4v) is 7.04. The standard InChI is InChI=1S/C28H55NO3Si3/c1-25(2,3)33(11,12)29-28(10,24(30)32-35(15,16)27(7,8)9)21-22-17-19-23(20-18-22)31-34(13,14)26(4,5)6/h17-20,29H,21H2,1-16H3. The van der Waals surface area contributed by atoms with Gasteiger partial charge in [-0.3, -0.25) is 4.79 Å². The number of rotatable bonds is 8. The number of carbonyl (C=O) groups excluding carboxylic acids is 1. The van der Waals surface area contributed by atoms with E-state index in [1.54, 1.807) is 0 Å². The topological polar surface area (TPSA) is 47.6 Å². The largest absolute Gasteiger partial charge is 0.544 e. The van der Waals surface area contributed by atoms with Crippen LogP contribution in [-0.4, -0.2) is 36.4 Å². The molecule has 0 fully saturated rings. The predicted molar refractivity (Wildman–Crippen MR) is 160 cm³/mol. The van der Waals surface area contributed by atoms with E-state index in [1.165, 1.54) is 0 Å². The Hall–Kier alpha value is -0.899. The van der Waals surface area contributed by atoms with Crippen molar-refractivity contribution in [3.8, 4) is 5.75 Å². The summed E-state index contributed by atoms with van der Waals surface area (Å²) in [6.45, 7) is 35.5. The zero-order chi connectivity index (χ0) is 27.9. The lowest BCUT2D eigenvalue weighted by Crippen LogP contribution is -2.66. The molecule has 202 valence electrons. The molecule has 0 aliphatic carbocycles. The Morgan fingerprint density at radius 3 is 1.51 bits per heavy atom. The zero-order valence-electron chi connectivity index (χ0n) is 25.7. The van der Waals surface area contributed by atoms with Crippen LogP contribution in [0.15, 0.2) is 24.3 Å². The van der Waals surface area contributed by atoms with E-state index in [2.05, 4.69) is 131 Å². The van der Waals surface area contributed by atoms with Crippen LogP contribution in [0.5, 0.6) is 5.75 Å². The van der Waals surface area contributed by atoms with Crippen molar-refractivity contribution in [2.45, 2.75) is 136 Å². The number of benzene rings is 1. The molecule has 4 nitrogen and oxygen atoms in total. The molecule has 0 radical (unpaired) electrons. The highest BCUT2D eigenvalue weighted by Gasteiger charge is 2.49. The summed E-state index contributed by atoms with van der Waals surface area (Å²) in [4.78, 5) is 17.7. The molecule has 0 aromatic heterocycles. The van der Waals surface area contributed by atoms with Crippen LogP contribution in [0.25, 0.3) is 0 Å². The van der Waals surface area contributed by atoms with Crippen molar-refractivity contribution in [3.63, 3.8) is 0 Å². The molecule has 0 bridgehead atoms. The van der Waals surface area contributed by atoms with E-state index in [9.17, 15) is 4.79 Å². The normalized spacial score (nSPS) is 16.0. The summed E-state index contributed by atoms with van der Waals surface area (Å²) in [5.41, 5.74) is 0.300. The second kappa shape index (κ2) is 10.1. The monoisotopic (exact) mass is 537 g/mol. The van der Waals surface area contributed by atoms with Crippen molar-refractivity contribution in [2.75, 3.05) is 0 Å². The van der Waals surface area contributed by atoms with Gasteiger partial charge in [-0.05, 0) is 65.9 Å². The summed E-state index contributed by atoms with van der Waals surface area (Å²) >= 11 is 0. The third-order valence-electron chi connectivity index (χ3n) is 8.73. The Balaban J connectivity index is 3.32. The Labute approximate surface area is 220 Å². The van der Waals surface area contributed by atoms with Crippen molar-refractivity contribution >= 4 is 30.8 Å². The molecule has 0 heterocycles. The second-order valence-electron chi connectivity index (χ2n) is 15.2. The summed E-state index contributed by atoms with van der Waals surface area (Å²) in [7, 11) is -6.16. The lowest BCUT2D eigenvalue weighted by molar-refractivity contribution is -0.141. The first-order chi connectivity index (χ1) is 15.2. The molecule has 1 atom stereocenters. The molecule has 1 unspecified atom stereocenters. The van der Waals surface area contributed by atoms with Gasteiger partial charge in [-0.25, -0.2) is 0 Å². The molecule has 7 heteroatoms. The highest BCUT2D eigenvalue weighted by atomic mass is 28.4. The highest BCUT2D eigenvalue weighted by molar-refractivity contribution is 6.78. The second-order valence-corrected chi connectivity index (χ2v) is 29.6. The van der Waals surface area contributed by atoms with E-state index in [4.69, 9.17) is 8.85 Å².